The second-order valence-electron chi connectivity index (χ2n) is 8.19. The maximum absolute atomic E-state index is 12.9. The fourth-order valence-electron chi connectivity index (χ4n) is 3.48. The van der Waals surface area contributed by atoms with Crippen LogP contribution in [0, 0.1) is 12.8 Å². The van der Waals surface area contributed by atoms with Gasteiger partial charge in [-0.25, -0.2) is 4.98 Å². The number of likely N-dealkylation sites (N-methyl/N-ethyl adjacent to an activating group) is 1. The Morgan fingerprint density at radius 1 is 1.03 bits per heavy atom. The number of pyridine rings is 1. The van der Waals surface area contributed by atoms with Gasteiger partial charge in [0.05, 0.1) is 11.9 Å². The molecule has 1 atom stereocenters. The maximum Gasteiger partial charge on any atom is 0.252 e. The molecule has 1 fully saturated rings. The predicted molar refractivity (Wildman–Crippen MR) is 120 cm³/mol. The summed E-state index contributed by atoms with van der Waals surface area (Å²) in [6.07, 6.45) is 1.67. The van der Waals surface area contributed by atoms with Crippen molar-refractivity contribution in [3.05, 3.63) is 53.7 Å². The Hall–Kier alpha value is -2.93. The summed E-state index contributed by atoms with van der Waals surface area (Å²) in [4.78, 5) is 34.6. The van der Waals surface area contributed by atoms with Crippen LogP contribution in [0.25, 0.3) is 0 Å². The number of carbonyl (C=O) groups is 2. The van der Waals surface area contributed by atoms with Crippen LogP contribution in [0.15, 0.2) is 42.6 Å². The highest BCUT2D eigenvalue weighted by Gasteiger charge is 2.25. The Morgan fingerprint density at radius 3 is 2.33 bits per heavy atom. The van der Waals surface area contributed by atoms with Gasteiger partial charge in [0.25, 0.3) is 5.91 Å². The van der Waals surface area contributed by atoms with E-state index in [1.807, 2.05) is 51.1 Å². The largest absolute Gasteiger partial charge is 0.354 e. The van der Waals surface area contributed by atoms with Crippen LogP contribution in [0.5, 0.6) is 0 Å². The van der Waals surface area contributed by atoms with E-state index in [2.05, 4.69) is 32.5 Å². The van der Waals surface area contributed by atoms with Gasteiger partial charge in [-0.1, -0.05) is 32.0 Å². The number of rotatable bonds is 6. The second kappa shape index (κ2) is 9.71. The molecule has 0 radical (unpaired) electrons. The Morgan fingerprint density at radius 2 is 1.73 bits per heavy atom. The van der Waals surface area contributed by atoms with E-state index in [-0.39, 0.29) is 17.7 Å². The van der Waals surface area contributed by atoms with Crippen LogP contribution in [-0.2, 0) is 4.79 Å². The van der Waals surface area contributed by atoms with Crippen LogP contribution >= 0.6 is 0 Å². The third kappa shape index (κ3) is 5.36. The minimum Gasteiger partial charge on any atom is -0.354 e. The fraction of sp³-hybridized carbons (Fsp3) is 0.435. The summed E-state index contributed by atoms with van der Waals surface area (Å²) in [6, 6.07) is 10.5. The lowest BCUT2D eigenvalue weighted by atomic mass is 10.0. The molecular weight excluding hydrogens is 378 g/mol. The third-order valence-corrected chi connectivity index (χ3v) is 5.47. The van der Waals surface area contributed by atoms with E-state index in [1.165, 1.54) is 0 Å². The molecule has 3 rings (SSSR count). The lowest BCUT2D eigenvalue weighted by Crippen LogP contribution is -2.47. The molecule has 0 saturated carbocycles. The first-order chi connectivity index (χ1) is 14.3. The molecular formula is C23H31N5O2. The number of hydrogen-bond donors (Lipinski definition) is 2. The molecule has 7 nitrogen and oxygen atoms in total. The molecule has 2 amide bonds. The molecule has 1 aliphatic rings. The van der Waals surface area contributed by atoms with Gasteiger partial charge in [-0.05, 0) is 43.7 Å². The monoisotopic (exact) mass is 409 g/mol. The van der Waals surface area contributed by atoms with Gasteiger partial charge >= 0.3 is 0 Å². The van der Waals surface area contributed by atoms with Crippen LogP contribution in [0.1, 0.15) is 29.8 Å². The van der Waals surface area contributed by atoms with E-state index in [0.717, 1.165) is 37.6 Å². The molecule has 2 aromatic rings. The summed E-state index contributed by atoms with van der Waals surface area (Å²) in [7, 11) is 2.12. The van der Waals surface area contributed by atoms with Crippen molar-refractivity contribution in [2.24, 2.45) is 5.92 Å². The van der Waals surface area contributed by atoms with Crippen LogP contribution in [0.2, 0.25) is 0 Å². The van der Waals surface area contributed by atoms with Crippen molar-refractivity contribution in [1.82, 2.24) is 15.2 Å². The number of benzene rings is 1. The first-order valence-corrected chi connectivity index (χ1v) is 10.4. The van der Waals surface area contributed by atoms with E-state index in [9.17, 15) is 9.59 Å². The second-order valence-corrected chi connectivity index (χ2v) is 8.19. The highest BCUT2D eigenvalue weighted by atomic mass is 16.2. The summed E-state index contributed by atoms with van der Waals surface area (Å²) < 4.78 is 0. The van der Waals surface area contributed by atoms with E-state index in [1.54, 1.807) is 12.3 Å². The predicted octanol–water partition coefficient (Wildman–Crippen LogP) is 2.53. The van der Waals surface area contributed by atoms with E-state index in [0.29, 0.717) is 11.3 Å². The van der Waals surface area contributed by atoms with Crippen LogP contribution in [0.3, 0.4) is 0 Å². The normalized spacial score (nSPS) is 15.7. The smallest absolute Gasteiger partial charge is 0.252 e. The molecule has 160 valence electrons. The quantitative estimate of drug-likeness (QED) is 0.767. The molecule has 2 heterocycles. The molecule has 1 aromatic carbocycles. The van der Waals surface area contributed by atoms with Crippen LogP contribution < -0.4 is 15.5 Å². The van der Waals surface area contributed by atoms with Gasteiger partial charge in [-0.3, -0.25) is 9.59 Å². The summed E-state index contributed by atoms with van der Waals surface area (Å²) in [5, 5.41) is 5.77. The average Bonchev–Trinajstić information content (AvgIpc) is 2.73. The third-order valence-electron chi connectivity index (χ3n) is 5.47. The lowest BCUT2D eigenvalue weighted by molar-refractivity contribution is -0.118. The fourth-order valence-corrected chi connectivity index (χ4v) is 3.48. The van der Waals surface area contributed by atoms with Crippen molar-refractivity contribution >= 4 is 23.3 Å². The minimum absolute atomic E-state index is 0.0597. The molecule has 30 heavy (non-hydrogen) atoms. The highest BCUT2D eigenvalue weighted by Crippen LogP contribution is 2.17. The molecule has 1 aromatic heterocycles. The topological polar surface area (TPSA) is 77.6 Å². The highest BCUT2D eigenvalue weighted by molar-refractivity contribution is 6.01. The summed E-state index contributed by atoms with van der Waals surface area (Å²) in [5.41, 5.74) is 2.07. The molecule has 0 bridgehead atoms. The number of hydrogen-bond acceptors (Lipinski definition) is 5. The minimum atomic E-state index is -0.644. The van der Waals surface area contributed by atoms with Crippen molar-refractivity contribution in [1.29, 1.82) is 0 Å². The van der Waals surface area contributed by atoms with Crippen molar-refractivity contribution in [2.45, 2.75) is 26.8 Å². The summed E-state index contributed by atoms with van der Waals surface area (Å²) >= 11 is 0. The van der Waals surface area contributed by atoms with Crippen molar-refractivity contribution in [2.75, 3.05) is 43.4 Å². The molecule has 7 heteroatoms. The molecule has 1 aliphatic heterocycles. The van der Waals surface area contributed by atoms with Gasteiger partial charge in [0, 0.05) is 31.7 Å². The SMILES string of the molecule is Cc1ccccc1C(=O)NC(C(=O)Nc1ccc(N2CCN(C)CC2)nc1)C(C)C. The summed E-state index contributed by atoms with van der Waals surface area (Å²) in [5.74, 6) is 0.358. The Balaban J connectivity index is 1.63. The number of piperazine rings is 1. The molecule has 2 N–H and O–H groups in total. The number of anilines is 2. The number of carbonyl (C=O) groups excluding carboxylic acids is 2. The molecule has 1 saturated heterocycles. The lowest BCUT2D eigenvalue weighted by Gasteiger charge is -2.33. The summed E-state index contributed by atoms with van der Waals surface area (Å²) in [6.45, 7) is 9.61. The van der Waals surface area contributed by atoms with Gasteiger partial charge in [-0.15, -0.1) is 0 Å². The Bertz CT molecular complexity index is 873. The number of amides is 2. The molecule has 1 unspecified atom stereocenters. The van der Waals surface area contributed by atoms with Crippen LogP contribution in [-0.4, -0.2) is 61.0 Å². The zero-order valence-electron chi connectivity index (χ0n) is 18.2. The number of aryl methyl sites for hydroxylation is 1. The average molecular weight is 410 g/mol. The van der Waals surface area contributed by atoms with Gasteiger partial charge in [-0.2, -0.15) is 0 Å². The van der Waals surface area contributed by atoms with Gasteiger partial charge in [0.15, 0.2) is 0 Å². The van der Waals surface area contributed by atoms with Gasteiger partial charge < -0.3 is 20.4 Å². The van der Waals surface area contributed by atoms with E-state index in [4.69, 9.17) is 0 Å². The van der Waals surface area contributed by atoms with E-state index < -0.39 is 6.04 Å². The zero-order valence-corrected chi connectivity index (χ0v) is 18.2. The number of aromatic nitrogens is 1. The number of nitrogens with one attached hydrogen (secondary N) is 2. The van der Waals surface area contributed by atoms with Crippen molar-refractivity contribution < 1.29 is 9.59 Å². The van der Waals surface area contributed by atoms with Crippen LogP contribution in [0.4, 0.5) is 11.5 Å². The Labute approximate surface area is 178 Å². The molecule has 0 spiro atoms. The van der Waals surface area contributed by atoms with Crippen molar-refractivity contribution in [3.8, 4) is 0 Å². The van der Waals surface area contributed by atoms with Gasteiger partial charge in [0.1, 0.15) is 11.9 Å². The standard InChI is InChI=1S/C23H31N5O2/c1-16(2)21(26-22(29)19-8-6-5-7-17(19)3)23(30)25-18-9-10-20(24-15-18)28-13-11-27(4)12-14-28/h5-10,15-16,21H,11-14H2,1-4H3,(H,25,30)(H,26,29). The first kappa shape index (κ1) is 21.8. The maximum atomic E-state index is 12.9. The first-order valence-electron chi connectivity index (χ1n) is 10.4. The van der Waals surface area contributed by atoms with E-state index >= 15 is 0 Å². The number of nitrogens with zero attached hydrogens (tertiary/aromatic N) is 3. The molecule has 0 aliphatic carbocycles. The van der Waals surface area contributed by atoms with Crippen molar-refractivity contribution in [3.63, 3.8) is 0 Å². The Kier molecular flexibility index (Phi) is 7.05. The van der Waals surface area contributed by atoms with Gasteiger partial charge in [0.2, 0.25) is 5.91 Å². The zero-order chi connectivity index (χ0) is 21.7.